The van der Waals surface area contributed by atoms with E-state index in [0.29, 0.717) is 46.4 Å². The Hall–Kier alpha value is -4.31. The lowest BCUT2D eigenvalue weighted by Crippen LogP contribution is -2.32. The predicted octanol–water partition coefficient (Wildman–Crippen LogP) is 13.9. The van der Waals surface area contributed by atoms with E-state index in [4.69, 9.17) is 0 Å². The number of Topliss-reactive ketones (excluding diaryl/α,β-unsaturated/α-hetero) is 2. The Bertz CT molecular complexity index is 1990. The number of benzene rings is 2. The highest BCUT2D eigenvalue weighted by atomic mass is 79.9. The summed E-state index contributed by atoms with van der Waals surface area (Å²) in [4.78, 5) is 28.1. The van der Waals surface area contributed by atoms with Crippen LogP contribution in [0.3, 0.4) is 0 Å². The van der Waals surface area contributed by atoms with Gasteiger partial charge in [-0.25, -0.2) is 0 Å². The molecule has 0 atom stereocenters. The number of hydrogen-bond donors (Lipinski definition) is 0. The number of rotatable bonds is 9. The molecule has 0 aliphatic heterocycles. The molecule has 0 heterocycles. The predicted molar refractivity (Wildman–Crippen MR) is 209 cm³/mol. The molecular formula is C43H48BrF3N4O2. The average Bonchev–Trinajstić information content (AvgIpc) is 3.04. The zero-order valence-corrected chi connectivity index (χ0v) is 33.7. The fourth-order valence-corrected chi connectivity index (χ4v) is 6.28. The Kier molecular flexibility index (Phi) is 12.2. The molecule has 4 rings (SSSR count). The molecule has 0 saturated carbocycles. The number of hydrogen-bond acceptors (Lipinski definition) is 6. The van der Waals surface area contributed by atoms with Gasteiger partial charge in [0.25, 0.3) is 0 Å². The summed E-state index contributed by atoms with van der Waals surface area (Å²) in [7, 11) is 0. The number of ketones is 2. The third-order valence-corrected chi connectivity index (χ3v) is 9.98. The largest absolute Gasteiger partial charge is 0.416 e. The Morgan fingerprint density at radius 1 is 0.547 bits per heavy atom. The Balaban J connectivity index is 1.62. The highest BCUT2D eigenvalue weighted by Crippen LogP contribution is 2.47. The maximum Gasteiger partial charge on any atom is 0.416 e. The normalized spacial score (nSPS) is 18.2. The van der Waals surface area contributed by atoms with Gasteiger partial charge in [-0.1, -0.05) is 85.2 Å². The van der Waals surface area contributed by atoms with Crippen molar-refractivity contribution in [3.63, 3.8) is 0 Å². The summed E-state index contributed by atoms with van der Waals surface area (Å²) in [5.41, 5.74) is 2.23. The first-order valence-electron chi connectivity index (χ1n) is 17.5. The number of nitrogens with zero attached hydrogens (tertiary/aromatic N) is 4. The van der Waals surface area contributed by atoms with Crippen LogP contribution in [-0.2, 0) is 15.8 Å². The molecular weight excluding hydrogens is 741 g/mol. The van der Waals surface area contributed by atoms with Crippen LogP contribution in [0.4, 0.5) is 24.5 Å². The minimum absolute atomic E-state index is 0.00292. The van der Waals surface area contributed by atoms with E-state index in [1.54, 1.807) is 12.3 Å². The zero-order chi connectivity index (χ0) is 39.6. The van der Waals surface area contributed by atoms with E-state index < -0.39 is 33.4 Å². The molecule has 0 N–H and O–H groups in total. The molecule has 10 heteroatoms. The van der Waals surface area contributed by atoms with Gasteiger partial charge in [0.2, 0.25) is 0 Å². The quantitative estimate of drug-likeness (QED) is 0.237. The van der Waals surface area contributed by atoms with Gasteiger partial charge in [0, 0.05) is 26.8 Å². The smallest absolute Gasteiger partial charge is 0.289 e. The molecule has 0 amide bonds. The highest BCUT2D eigenvalue weighted by Gasteiger charge is 2.40. The minimum atomic E-state index is -4.44. The van der Waals surface area contributed by atoms with Crippen molar-refractivity contribution in [2.24, 2.45) is 42.1 Å². The van der Waals surface area contributed by atoms with Crippen LogP contribution in [-0.4, -0.2) is 11.6 Å². The fourth-order valence-electron chi connectivity index (χ4n) is 6.01. The van der Waals surface area contributed by atoms with Crippen LogP contribution < -0.4 is 0 Å². The Morgan fingerprint density at radius 2 is 0.887 bits per heavy atom. The molecule has 0 aromatic heterocycles. The van der Waals surface area contributed by atoms with Gasteiger partial charge in [0.15, 0.2) is 11.6 Å². The molecule has 0 radical (unpaired) electrons. The zero-order valence-electron chi connectivity index (χ0n) is 32.1. The van der Waals surface area contributed by atoms with Crippen molar-refractivity contribution < 1.29 is 22.8 Å². The lowest BCUT2D eigenvalue weighted by molar-refractivity contribution is -0.137. The standard InChI is InChI=1S/C43H48BrF3N4O2/c1-39(2,3)33-21-27(25-48-50-31-15-11-29(12-16-31)43(45,46)47)23-35(37(33)52)41(7,8)19-20-42(9,10)36-24-28(22-34(38(36)53)40(4,5)6)26-49-51-32-17-13-30(44)14-18-32/h11-18,21-26H,19-20H2,1-10H3/b27-25-,28-26+,50-48?,51-49?. The molecule has 0 unspecified atom stereocenters. The van der Waals surface area contributed by atoms with Crippen molar-refractivity contribution in [2.75, 3.05) is 0 Å². The van der Waals surface area contributed by atoms with Crippen LogP contribution >= 0.6 is 15.9 Å². The highest BCUT2D eigenvalue weighted by molar-refractivity contribution is 9.10. The van der Waals surface area contributed by atoms with Gasteiger partial charge in [0.1, 0.15) is 0 Å². The molecule has 0 bridgehead atoms. The number of carbonyl (C=O) groups is 2. The maximum absolute atomic E-state index is 14.1. The second-order valence-corrected chi connectivity index (χ2v) is 17.8. The molecule has 6 nitrogen and oxygen atoms in total. The summed E-state index contributed by atoms with van der Waals surface area (Å²) in [6, 6.07) is 12.0. The number of alkyl halides is 3. The van der Waals surface area contributed by atoms with Gasteiger partial charge < -0.3 is 0 Å². The number of azo groups is 2. The summed E-state index contributed by atoms with van der Waals surface area (Å²) < 4.78 is 39.9. The molecule has 2 aliphatic rings. The average molecular weight is 790 g/mol. The van der Waals surface area contributed by atoms with Gasteiger partial charge in [0.05, 0.1) is 29.3 Å². The number of halogens is 4. The summed E-state index contributed by atoms with van der Waals surface area (Å²) >= 11 is 3.43. The second-order valence-electron chi connectivity index (χ2n) is 16.9. The third-order valence-electron chi connectivity index (χ3n) is 9.45. The van der Waals surface area contributed by atoms with E-state index in [-0.39, 0.29) is 17.3 Å². The molecule has 0 spiro atoms. The van der Waals surface area contributed by atoms with Gasteiger partial charge in [-0.3, -0.25) is 9.59 Å². The van der Waals surface area contributed by atoms with Crippen LogP contribution in [0.15, 0.2) is 144 Å². The fraction of sp³-hybridized carbons (Fsp3) is 0.395. The van der Waals surface area contributed by atoms with Crippen LogP contribution in [0.25, 0.3) is 0 Å². The first-order chi connectivity index (χ1) is 24.4. The van der Waals surface area contributed by atoms with E-state index >= 15 is 0 Å². The van der Waals surface area contributed by atoms with Crippen molar-refractivity contribution in [1.82, 2.24) is 0 Å². The molecule has 2 aliphatic carbocycles. The second kappa shape index (κ2) is 15.6. The maximum atomic E-state index is 14.1. The van der Waals surface area contributed by atoms with Crippen LogP contribution in [0.2, 0.25) is 0 Å². The summed E-state index contributed by atoms with van der Waals surface area (Å²) in [6.45, 7) is 20.2. The lowest BCUT2D eigenvalue weighted by Gasteiger charge is -2.38. The van der Waals surface area contributed by atoms with Gasteiger partial charge >= 0.3 is 6.18 Å². The lowest BCUT2D eigenvalue weighted by atomic mass is 9.65. The van der Waals surface area contributed by atoms with Gasteiger partial charge in [-0.05, 0) is 118 Å². The number of allylic oxidation sites excluding steroid dienone is 10. The van der Waals surface area contributed by atoms with Gasteiger partial charge in [-0.2, -0.15) is 33.6 Å². The molecule has 0 saturated heterocycles. The SMILES string of the molecule is CC(C)(C)C1=C/C(=C/N=Nc2ccc(C(F)(F)F)cc2)C=C(C(C)(C)CCC(C)(C)C2=C/C(=C/N=Nc3ccc(Br)cc3)C=C(C(C)(C)C)C2=O)C1=O. The first kappa shape index (κ1) is 41.4. The van der Waals surface area contributed by atoms with Crippen molar-refractivity contribution >= 4 is 38.9 Å². The van der Waals surface area contributed by atoms with E-state index in [1.807, 2.05) is 97.9 Å². The third kappa shape index (κ3) is 10.6. The van der Waals surface area contributed by atoms with E-state index in [1.165, 1.54) is 18.3 Å². The summed E-state index contributed by atoms with van der Waals surface area (Å²) in [5, 5.41) is 16.9. The topological polar surface area (TPSA) is 83.6 Å². The summed E-state index contributed by atoms with van der Waals surface area (Å²) in [5.74, 6) is -0.0544. The molecule has 2 aromatic rings. The minimum Gasteiger partial charge on any atom is -0.289 e. The van der Waals surface area contributed by atoms with Gasteiger partial charge in [-0.15, -0.1) is 0 Å². The van der Waals surface area contributed by atoms with Crippen molar-refractivity contribution in [3.05, 3.63) is 129 Å². The van der Waals surface area contributed by atoms with Crippen molar-refractivity contribution in [1.29, 1.82) is 0 Å². The van der Waals surface area contributed by atoms with E-state index in [0.717, 1.165) is 22.2 Å². The van der Waals surface area contributed by atoms with E-state index in [2.05, 4.69) is 50.2 Å². The molecule has 0 fully saturated rings. The molecule has 2 aromatic carbocycles. The van der Waals surface area contributed by atoms with Crippen LogP contribution in [0, 0.1) is 21.7 Å². The van der Waals surface area contributed by atoms with Crippen LogP contribution in [0.5, 0.6) is 0 Å². The molecule has 53 heavy (non-hydrogen) atoms. The van der Waals surface area contributed by atoms with Crippen LogP contribution in [0.1, 0.15) is 87.6 Å². The van der Waals surface area contributed by atoms with Crippen molar-refractivity contribution in [2.45, 2.75) is 88.3 Å². The van der Waals surface area contributed by atoms with E-state index in [9.17, 15) is 22.8 Å². The first-order valence-corrected chi connectivity index (χ1v) is 18.3. The Morgan fingerprint density at radius 3 is 1.23 bits per heavy atom. The monoisotopic (exact) mass is 788 g/mol. The Labute approximate surface area is 319 Å². The summed E-state index contributed by atoms with van der Waals surface area (Å²) in [6.07, 6.45) is 7.36. The number of carbonyl (C=O) groups excluding carboxylic acids is 2. The van der Waals surface area contributed by atoms with Crippen molar-refractivity contribution in [3.8, 4) is 0 Å². The molecule has 280 valence electrons.